The first-order valence-electron chi connectivity index (χ1n) is 9.32. The number of carbonyl (C=O) groups is 1. The summed E-state index contributed by atoms with van der Waals surface area (Å²) in [5, 5.41) is 2.83. The summed E-state index contributed by atoms with van der Waals surface area (Å²) >= 11 is 1.27. The largest absolute Gasteiger partial charge is 0.494 e. The summed E-state index contributed by atoms with van der Waals surface area (Å²) in [6.07, 6.45) is 0. The molecule has 7 nitrogen and oxygen atoms in total. The van der Waals surface area contributed by atoms with Crippen molar-refractivity contribution in [1.29, 1.82) is 0 Å². The van der Waals surface area contributed by atoms with Crippen LogP contribution in [0, 0.1) is 0 Å². The van der Waals surface area contributed by atoms with E-state index in [1.807, 2.05) is 60.4 Å². The smallest absolute Gasteiger partial charge is 0.272 e. The third kappa shape index (κ3) is 2.92. The van der Waals surface area contributed by atoms with Gasteiger partial charge in [0, 0.05) is 16.9 Å². The summed E-state index contributed by atoms with van der Waals surface area (Å²) in [7, 11) is 0. The number of nitrogens with one attached hydrogen (secondary N) is 1. The van der Waals surface area contributed by atoms with Gasteiger partial charge in [-0.2, -0.15) is 0 Å². The van der Waals surface area contributed by atoms with Crippen LogP contribution in [-0.2, 0) is 11.5 Å². The summed E-state index contributed by atoms with van der Waals surface area (Å²) in [5.74, 6) is 0.564. The third-order valence-corrected chi connectivity index (χ3v) is 6.08. The zero-order valence-corrected chi connectivity index (χ0v) is 16.5. The molecule has 2 aromatic carbocycles. The number of ether oxygens (including phenoxy) is 1. The average Bonchev–Trinajstić information content (AvgIpc) is 3.24. The van der Waals surface area contributed by atoms with Crippen LogP contribution in [0.15, 0.2) is 58.3 Å². The Balaban J connectivity index is 1.55. The van der Waals surface area contributed by atoms with Gasteiger partial charge in [-0.1, -0.05) is 29.5 Å². The molecule has 1 aromatic heterocycles. The highest BCUT2D eigenvalue weighted by Gasteiger charge is 2.27. The molecule has 0 spiro atoms. The molecule has 3 heterocycles. The Morgan fingerprint density at radius 2 is 1.93 bits per heavy atom. The van der Waals surface area contributed by atoms with Crippen molar-refractivity contribution in [3.8, 4) is 5.75 Å². The first-order valence-corrected chi connectivity index (χ1v) is 10.1. The Bertz CT molecular complexity index is 1290. The van der Waals surface area contributed by atoms with E-state index in [1.165, 1.54) is 11.3 Å². The molecule has 2 aliphatic heterocycles. The van der Waals surface area contributed by atoms with Crippen LogP contribution in [0.2, 0.25) is 0 Å². The van der Waals surface area contributed by atoms with E-state index < -0.39 is 0 Å². The number of aromatic nitrogens is 1. The zero-order valence-electron chi connectivity index (χ0n) is 15.7. The summed E-state index contributed by atoms with van der Waals surface area (Å²) in [5.41, 5.74) is 2.69. The average molecular weight is 406 g/mol. The lowest BCUT2D eigenvalue weighted by molar-refractivity contribution is -0.110. The molecule has 0 unspecified atom stereocenters. The Labute approximate surface area is 170 Å². The predicted molar refractivity (Wildman–Crippen MR) is 112 cm³/mol. The Kier molecular flexibility index (Phi) is 4.21. The van der Waals surface area contributed by atoms with Crippen molar-refractivity contribution in [1.82, 2.24) is 4.57 Å². The molecular weight excluding hydrogens is 388 g/mol. The summed E-state index contributed by atoms with van der Waals surface area (Å²) < 4.78 is 7.54. The molecule has 0 bridgehead atoms. The topological polar surface area (TPSA) is 75.9 Å². The number of benzene rings is 2. The predicted octanol–water partition coefficient (Wildman–Crippen LogP) is 1.51. The van der Waals surface area contributed by atoms with Crippen molar-refractivity contribution >= 4 is 34.2 Å². The van der Waals surface area contributed by atoms with Crippen LogP contribution in [-0.4, -0.2) is 23.7 Å². The Hall–Kier alpha value is -3.39. The molecule has 0 radical (unpaired) electrons. The summed E-state index contributed by atoms with van der Waals surface area (Å²) in [4.78, 5) is 32.9. The van der Waals surface area contributed by atoms with Crippen molar-refractivity contribution in [3.05, 3.63) is 73.8 Å². The quantitative estimate of drug-likeness (QED) is 0.716. The van der Waals surface area contributed by atoms with Crippen molar-refractivity contribution in [2.24, 2.45) is 4.99 Å². The molecule has 1 N–H and O–H groups in total. The number of fused-ring (bicyclic) bond motifs is 2. The number of anilines is 2. The minimum Gasteiger partial charge on any atom is -0.494 e. The zero-order chi connectivity index (χ0) is 20.0. The van der Waals surface area contributed by atoms with Crippen LogP contribution in [0.3, 0.4) is 0 Å². The molecule has 29 heavy (non-hydrogen) atoms. The second-order valence-electron chi connectivity index (χ2n) is 6.73. The van der Waals surface area contributed by atoms with E-state index in [0.717, 1.165) is 22.7 Å². The maximum atomic E-state index is 13.1. The molecule has 2 aliphatic rings. The molecule has 3 aromatic rings. The molecule has 0 aliphatic carbocycles. The van der Waals surface area contributed by atoms with E-state index in [2.05, 4.69) is 10.3 Å². The maximum absolute atomic E-state index is 13.1. The molecule has 0 saturated heterocycles. The first-order chi connectivity index (χ1) is 14.2. The van der Waals surface area contributed by atoms with E-state index >= 15 is 0 Å². The van der Waals surface area contributed by atoms with Crippen LogP contribution in [0.5, 0.6) is 5.75 Å². The number of nitrogens with zero attached hydrogens (tertiary/aromatic N) is 3. The number of para-hydroxylation sites is 1. The molecule has 0 fully saturated rings. The van der Waals surface area contributed by atoms with Crippen LogP contribution in [0.4, 0.5) is 11.4 Å². The van der Waals surface area contributed by atoms with Crippen LogP contribution >= 0.6 is 11.3 Å². The van der Waals surface area contributed by atoms with Crippen molar-refractivity contribution in [2.45, 2.75) is 13.6 Å². The SMILES string of the molecule is CCOc1ccc(N2CN=c3sc(=C4C(=O)Nc5ccccc54)c(=O)n3C2)cc1. The van der Waals surface area contributed by atoms with Gasteiger partial charge in [-0.3, -0.25) is 14.2 Å². The van der Waals surface area contributed by atoms with Gasteiger partial charge in [-0.15, -0.1) is 0 Å². The van der Waals surface area contributed by atoms with Crippen LogP contribution < -0.4 is 29.8 Å². The molecule has 0 saturated carbocycles. The maximum Gasteiger partial charge on any atom is 0.272 e. The highest BCUT2D eigenvalue weighted by Crippen LogP contribution is 2.29. The highest BCUT2D eigenvalue weighted by molar-refractivity contribution is 7.07. The second kappa shape index (κ2) is 6.89. The van der Waals surface area contributed by atoms with E-state index in [4.69, 9.17) is 4.74 Å². The second-order valence-corrected chi connectivity index (χ2v) is 7.71. The fraction of sp³-hybridized carbons (Fsp3) is 0.190. The number of carbonyl (C=O) groups excluding carboxylic acids is 1. The number of hydrogen-bond donors (Lipinski definition) is 1. The molecular formula is C21H18N4O3S. The Morgan fingerprint density at radius 3 is 2.72 bits per heavy atom. The lowest BCUT2D eigenvalue weighted by Crippen LogP contribution is -2.43. The summed E-state index contributed by atoms with van der Waals surface area (Å²) in [6, 6.07) is 15.1. The fourth-order valence-corrected chi connectivity index (χ4v) is 4.64. The lowest BCUT2D eigenvalue weighted by Gasteiger charge is -2.25. The van der Waals surface area contributed by atoms with Gasteiger partial charge in [0.15, 0.2) is 4.80 Å². The minimum absolute atomic E-state index is 0.189. The van der Waals surface area contributed by atoms with Gasteiger partial charge >= 0.3 is 0 Å². The molecule has 1 amide bonds. The van der Waals surface area contributed by atoms with E-state index in [9.17, 15) is 9.59 Å². The first kappa shape index (κ1) is 17.7. The minimum atomic E-state index is -0.245. The van der Waals surface area contributed by atoms with Crippen molar-refractivity contribution in [3.63, 3.8) is 0 Å². The van der Waals surface area contributed by atoms with Gasteiger partial charge in [-0.25, -0.2) is 4.99 Å². The number of rotatable bonds is 3. The van der Waals surface area contributed by atoms with E-state index in [1.54, 1.807) is 4.57 Å². The Morgan fingerprint density at radius 1 is 1.14 bits per heavy atom. The fourth-order valence-electron chi connectivity index (χ4n) is 3.59. The standard InChI is InChI=1S/C21H18N4O3S/c1-2-28-14-9-7-13(8-10-14)24-11-22-21-25(12-24)20(27)18(29-21)17-15-5-3-4-6-16(15)23-19(17)26/h3-10H,2,11-12H2,1H3,(H,23,26). The van der Waals surface area contributed by atoms with Gasteiger partial charge < -0.3 is 15.0 Å². The lowest BCUT2D eigenvalue weighted by atomic mass is 10.1. The molecule has 5 rings (SSSR count). The van der Waals surface area contributed by atoms with E-state index in [0.29, 0.717) is 34.9 Å². The normalized spacial score (nSPS) is 16.7. The van der Waals surface area contributed by atoms with Gasteiger partial charge in [0.25, 0.3) is 11.5 Å². The third-order valence-electron chi connectivity index (χ3n) is 4.96. The van der Waals surface area contributed by atoms with Gasteiger partial charge in [0.05, 0.1) is 12.2 Å². The van der Waals surface area contributed by atoms with Crippen LogP contribution in [0.25, 0.3) is 5.57 Å². The summed E-state index contributed by atoms with van der Waals surface area (Å²) in [6.45, 7) is 3.40. The molecule has 0 atom stereocenters. The van der Waals surface area contributed by atoms with Crippen molar-refractivity contribution < 1.29 is 9.53 Å². The van der Waals surface area contributed by atoms with Crippen molar-refractivity contribution in [2.75, 3.05) is 23.5 Å². The number of amides is 1. The van der Waals surface area contributed by atoms with E-state index in [-0.39, 0.29) is 11.5 Å². The molecule has 146 valence electrons. The highest BCUT2D eigenvalue weighted by atomic mass is 32.1. The van der Waals surface area contributed by atoms with Gasteiger partial charge in [-0.05, 0) is 37.3 Å². The van der Waals surface area contributed by atoms with Gasteiger partial charge in [0.2, 0.25) is 0 Å². The number of thiazole rings is 1. The molecule has 8 heteroatoms. The monoisotopic (exact) mass is 406 g/mol. The van der Waals surface area contributed by atoms with Gasteiger partial charge in [0.1, 0.15) is 23.6 Å². The number of hydrogen-bond acceptors (Lipinski definition) is 6. The van der Waals surface area contributed by atoms with Crippen LogP contribution in [0.1, 0.15) is 12.5 Å².